The molecular formula is C18H27IN6O2S. The summed E-state index contributed by atoms with van der Waals surface area (Å²) in [5, 5.41) is 21.6. The Kier molecular flexibility index (Phi) is 10.8. The quantitative estimate of drug-likeness (QED) is 0.117. The summed E-state index contributed by atoms with van der Waals surface area (Å²) in [6, 6.07) is 6.62. The van der Waals surface area contributed by atoms with E-state index in [0.29, 0.717) is 25.3 Å². The second-order valence-corrected chi connectivity index (χ2v) is 7.18. The zero-order chi connectivity index (χ0) is 19.6. The smallest absolute Gasteiger partial charge is 0.292 e. The number of aliphatic imine (C=N–C) groups is 1. The van der Waals surface area contributed by atoms with Crippen molar-refractivity contribution in [2.45, 2.75) is 27.2 Å². The van der Waals surface area contributed by atoms with Crippen molar-refractivity contribution in [3.05, 3.63) is 50.0 Å². The first-order chi connectivity index (χ1) is 13.0. The van der Waals surface area contributed by atoms with E-state index in [4.69, 9.17) is 0 Å². The van der Waals surface area contributed by atoms with Crippen LogP contribution in [0.2, 0.25) is 0 Å². The predicted octanol–water partition coefficient (Wildman–Crippen LogP) is 3.50. The molecule has 0 bridgehead atoms. The fraction of sp³-hybridized carbons (Fsp3) is 0.444. The van der Waals surface area contributed by atoms with E-state index in [0.717, 1.165) is 29.6 Å². The Morgan fingerprint density at radius 1 is 1.25 bits per heavy atom. The van der Waals surface area contributed by atoms with Crippen molar-refractivity contribution < 1.29 is 4.92 Å². The Labute approximate surface area is 186 Å². The maximum atomic E-state index is 11.0. The van der Waals surface area contributed by atoms with Crippen molar-refractivity contribution in [3.63, 3.8) is 0 Å². The molecule has 0 aliphatic heterocycles. The molecule has 2 rings (SSSR count). The van der Waals surface area contributed by atoms with Crippen molar-refractivity contribution in [1.82, 2.24) is 15.6 Å². The van der Waals surface area contributed by atoms with Crippen LogP contribution in [0.15, 0.2) is 29.3 Å². The lowest BCUT2D eigenvalue weighted by atomic mass is 10.2. The number of benzene rings is 1. The van der Waals surface area contributed by atoms with Crippen LogP contribution in [0, 0.1) is 24.0 Å². The third-order valence-electron chi connectivity index (χ3n) is 3.85. The molecule has 0 aliphatic carbocycles. The number of rotatable bonds is 9. The van der Waals surface area contributed by atoms with E-state index in [2.05, 4.69) is 32.9 Å². The van der Waals surface area contributed by atoms with Crippen LogP contribution in [-0.2, 0) is 6.42 Å². The Morgan fingerprint density at radius 3 is 2.64 bits per heavy atom. The number of hydrogen-bond donors (Lipinski definition) is 3. The highest BCUT2D eigenvalue weighted by molar-refractivity contribution is 14.0. The topological polar surface area (TPSA) is 104 Å². The number of aryl methyl sites for hydroxylation is 2. The van der Waals surface area contributed by atoms with Gasteiger partial charge in [0.05, 0.1) is 15.6 Å². The summed E-state index contributed by atoms with van der Waals surface area (Å²) in [6.45, 7) is 8.66. The number of hydrogen-bond acceptors (Lipinski definition) is 6. The van der Waals surface area contributed by atoms with E-state index >= 15 is 0 Å². The van der Waals surface area contributed by atoms with Gasteiger partial charge < -0.3 is 16.0 Å². The van der Waals surface area contributed by atoms with Crippen molar-refractivity contribution in [2.24, 2.45) is 4.99 Å². The number of para-hydroxylation sites is 2. The molecule has 28 heavy (non-hydrogen) atoms. The summed E-state index contributed by atoms with van der Waals surface area (Å²) >= 11 is 1.72. The molecular weight excluding hydrogens is 491 g/mol. The van der Waals surface area contributed by atoms with Gasteiger partial charge in [-0.15, -0.1) is 35.3 Å². The molecule has 0 amide bonds. The number of thiazole rings is 1. The zero-order valence-corrected chi connectivity index (χ0v) is 19.5. The van der Waals surface area contributed by atoms with Crippen LogP contribution in [0.4, 0.5) is 11.4 Å². The second kappa shape index (κ2) is 12.5. The van der Waals surface area contributed by atoms with Gasteiger partial charge in [0.15, 0.2) is 5.96 Å². The van der Waals surface area contributed by atoms with Gasteiger partial charge in [-0.25, -0.2) is 4.98 Å². The van der Waals surface area contributed by atoms with Crippen LogP contribution in [0.25, 0.3) is 0 Å². The van der Waals surface area contributed by atoms with Crippen molar-refractivity contribution >= 4 is 52.6 Å². The third-order valence-corrected chi connectivity index (χ3v) is 4.98. The standard InChI is InChI=1S/C18H26N6O2S.HI/c1-4-19-18(21-10-9-17-23-13(2)14(3)27-17)22-12-11-20-15-7-5-6-8-16(15)24(25)26;/h5-8,20H,4,9-12H2,1-3H3,(H2,19,21,22);1H. The lowest BCUT2D eigenvalue weighted by Gasteiger charge is -2.12. The van der Waals surface area contributed by atoms with Crippen LogP contribution in [0.5, 0.6) is 0 Å². The van der Waals surface area contributed by atoms with Gasteiger partial charge in [0, 0.05) is 43.5 Å². The van der Waals surface area contributed by atoms with Crippen molar-refractivity contribution in [1.29, 1.82) is 0 Å². The van der Waals surface area contributed by atoms with E-state index in [9.17, 15) is 10.1 Å². The maximum absolute atomic E-state index is 11.0. The molecule has 10 heteroatoms. The van der Waals surface area contributed by atoms with Gasteiger partial charge in [0.25, 0.3) is 5.69 Å². The molecule has 0 unspecified atom stereocenters. The summed E-state index contributed by atoms with van der Waals surface area (Å²) in [5.74, 6) is 0.729. The lowest BCUT2D eigenvalue weighted by Crippen LogP contribution is -2.39. The van der Waals surface area contributed by atoms with Gasteiger partial charge in [-0.3, -0.25) is 15.1 Å². The molecule has 0 radical (unpaired) electrons. The minimum Gasteiger partial charge on any atom is -0.378 e. The zero-order valence-electron chi connectivity index (χ0n) is 16.3. The number of halogens is 1. The number of anilines is 1. The minimum absolute atomic E-state index is 0. The minimum atomic E-state index is -0.386. The number of nitro groups is 1. The molecule has 0 atom stereocenters. The molecule has 0 saturated heterocycles. The van der Waals surface area contributed by atoms with E-state index in [-0.39, 0.29) is 34.6 Å². The molecule has 2 aromatic rings. The fourth-order valence-corrected chi connectivity index (χ4v) is 3.33. The van der Waals surface area contributed by atoms with E-state index in [1.165, 1.54) is 10.9 Å². The summed E-state index contributed by atoms with van der Waals surface area (Å²) < 4.78 is 0. The number of nitro benzene ring substituents is 1. The maximum Gasteiger partial charge on any atom is 0.292 e. The van der Waals surface area contributed by atoms with Gasteiger partial charge in [-0.1, -0.05) is 12.1 Å². The molecule has 0 saturated carbocycles. The molecule has 3 N–H and O–H groups in total. The van der Waals surface area contributed by atoms with Crippen LogP contribution >= 0.6 is 35.3 Å². The fourth-order valence-electron chi connectivity index (χ4n) is 2.41. The predicted molar refractivity (Wildman–Crippen MR) is 126 cm³/mol. The van der Waals surface area contributed by atoms with Gasteiger partial charge in [0.1, 0.15) is 5.69 Å². The number of nitrogens with zero attached hydrogens (tertiary/aromatic N) is 3. The number of guanidine groups is 1. The Bertz CT molecular complexity index is 777. The third kappa shape index (κ3) is 7.58. The average Bonchev–Trinajstić information content (AvgIpc) is 2.96. The van der Waals surface area contributed by atoms with E-state index < -0.39 is 0 Å². The Balaban J connectivity index is 0.00000392. The Hall–Kier alpha value is -1.95. The van der Waals surface area contributed by atoms with Gasteiger partial charge in [0.2, 0.25) is 0 Å². The molecule has 1 heterocycles. The summed E-state index contributed by atoms with van der Waals surface area (Å²) in [7, 11) is 0. The second-order valence-electron chi connectivity index (χ2n) is 5.89. The van der Waals surface area contributed by atoms with Crippen molar-refractivity contribution in [2.75, 3.05) is 31.5 Å². The van der Waals surface area contributed by atoms with E-state index in [1.807, 2.05) is 13.8 Å². The summed E-state index contributed by atoms with van der Waals surface area (Å²) in [5.41, 5.74) is 1.68. The first-order valence-electron chi connectivity index (χ1n) is 8.93. The Morgan fingerprint density at radius 2 is 2.00 bits per heavy atom. The molecule has 0 aliphatic rings. The molecule has 1 aromatic carbocycles. The molecule has 0 spiro atoms. The molecule has 154 valence electrons. The largest absolute Gasteiger partial charge is 0.378 e. The summed E-state index contributed by atoms with van der Waals surface area (Å²) in [6.07, 6.45) is 0.810. The highest BCUT2D eigenvalue weighted by Gasteiger charge is 2.11. The molecule has 0 fully saturated rings. The highest BCUT2D eigenvalue weighted by atomic mass is 127. The van der Waals surface area contributed by atoms with Gasteiger partial charge >= 0.3 is 0 Å². The van der Waals surface area contributed by atoms with Crippen LogP contribution < -0.4 is 16.0 Å². The number of aromatic nitrogens is 1. The molecule has 8 nitrogen and oxygen atoms in total. The van der Waals surface area contributed by atoms with E-state index in [1.54, 1.807) is 29.5 Å². The first-order valence-corrected chi connectivity index (χ1v) is 9.75. The first kappa shape index (κ1) is 24.1. The highest BCUT2D eigenvalue weighted by Crippen LogP contribution is 2.22. The monoisotopic (exact) mass is 518 g/mol. The van der Waals surface area contributed by atoms with Gasteiger partial charge in [-0.05, 0) is 26.8 Å². The summed E-state index contributed by atoms with van der Waals surface area (Å²) in [4.78, 5) is 21.0. The normalized spacial score (nSPS) is 10.9. The lowest BCUT2D eigenvalue weighted by molar-refractivity contribution is -0.384. The molecule has 1 aromatic heterocycles. The van der Waals surface area contributed by atoms with Crippen molar-refractivity contribution in [3.8, 4) is 0 Å². The SMILES string of the molecule is CCNC(=NCCc1nc(C)c(C)s1)NCCNc1ccccc1[N+](=O)[O-].I. The van der Waals surface area contributed by atoms with Crippen LogP contribution in [-0.4, -0.2) is 42.0 Å². The van der Waals surface area contributed by atoms with Gasteiger partial charge in [-0.2, -0.15) is 0 Å². The van der Waals surface area contributed by atoms with Crippen LogP contribution in [0.1, 0.15) is 22.5 Å². The average molecular weight is 518 g/mol. The number of nitrogens with one attached hydrogen (secondary N) is 3. The van der Waals surface area contributed by atoms with Crippen LogP contribution in [0.3, 0.4) is 0 Å².